The molecule has 0 heterocycles. The second kappa shape index (κ2) is 7.23. The summed E-state index contributed by atoms with van der Waals surface area (Å²) in [5.74, 6) is 0.0286. The average Bonchev–Trinajstić information content (AvgIpc) is 2.44. The Balaban J connectivity index is 2.03. The van der Waals surface area contributed by atoms with Gasteiger partial charge in [0.15, 0.2) is 6.61 Å². The van der Waals surface area contributed by atoms with E-state index in [0.717, 1.165) is 11.1 Å². The van der Waals surface area contributed by atoms with Crippen molar-refractivity contribution in [3.05, 3.63) is 56.5 Å². The van der Waals surface area contributed by atoms with E-state index in [1.807, 2.05) is 19.9 Å². The predicted molar refractivity (Wildman–Crippen MR) is 91.5 cm³/mol. The monoisotopic (exact) mass is 357 g/mol. The number of anilines is 1. The summed E-state index contributed by atoms with van der Waals surface area (Å²) in [4.78, 5) is 12.0. The van der Waals surface area contributed by atoms with Gasteiger partial charge in [-0.15, -0.1) is 0 Å². The number of hydrogen-bond acceptors (Lipinski definition) is 2. The van der Waals surface area contributed by atoms with Crippen LogP contribution in [0.5, 0.6) is 5.75 Å². The normalized spacial score (nSPS) is 10.4. The van der Waals surface area contributed by atoms with Gasteiger partial charge in [0.25, 0.3) is 5.91 Å². The molecular formula is C16H14Cl3NO2. The van der Waals surface area contributed by atoms with Crippen molar-refractivity contribution in [3.63, 3.8) is 0 Å². The van der Waals surface area contributed by atoms with Crippen LogP contribution in [0.1, 0.15) is 11.1 Å². The molecule has 22 heavy (non-hydrogen) atoms. The molecule has 0 unspecified atom stereocenters. The second-order valence-electron chi connectivity index (χ2n) is 4.85. The van der Waals surface area contributed by atoms with Crippen LogP contribution < -0.4 is 10.1 Å². The fourth-order valence-corrected chi connectivity index (χ4v) is 2.68. The maximum atomic E-state index is 12.0. The number of ether oxygens (including phenoxy) is 1. The van der Waals surface area contributed by atoms with Gasteiger partial charge in [0.2, 0.25) is 0 Å². The lowest BCUT2D eigenvalue weighted by atomic mass is 10.1. The van der Waals surface area contributed by atoms with Gasteiger partial charge in [-0.1, -0.05) is 40.9 Å². The molecule has 0 aromatic heterocycles. The lowest BCUT2D eigenvalue weighted by Gasteiger charge is -2.12. The van der Waals surface area contributed by atoms with E-state index in [1.165, 1.54) is 0 Å². The van der Waals surface area contributed by atoms with Crippen LogP contribution in [0.4, 0.5) is 5.69 Å². The van der Waals surface area contributed by atoms with Gasteiger partial charge in [-0.05, 0) is 43.2 Å². The molecule has 1 amide bonds. The zero-order valence-electron chi connectivity index (χ0n) is 12.0. The van der Waals surface area contributed by atoms with Crippen LogP contribution in [-0.4, -0.2) is 12.5 Å². The summed E-state index contributed by atoms with van der Waals surface area (Å²) in [6.45, 7) is 3.63. The molecule has 0 aliphatic heterocycles. The summed E-state index contributed by atoms with van der Waals surface area (Å²) < 4.78 is 5.38. The highest BCUT2D eigenvalue weighted by atomic mass is 35.5. The van der Waals surface area contributed by atoms with Gasteiger partial charge in [-0.25, -0.2) is 0 Å². The first-order valence-electron chi connectivity index (χ1n) is 6.51. The van der Waals surface area contributed by atoms with Gasteiger partial charge < -0.3 is 10.1 Å². The Labute approximate surface area is 144 Å². The van der Waals surface area contributed by atoms with Gasteiger partial charge >= 0.3 is 0 Å². The molecule has 0 fully saturated rings. The van der Waals surface area contributed by atoms with Crippen LogP contribution >= 0.6 is 34.8 Å². The van der Waals surface area contributed by atoms with E-state index >= 15 is 0 Å². The fraction of sp³-hybridized carbons (Fsp3) is 0.188. The molecule has 2 aromatic rings. The number of hydrogen-bond donors (Lipinski definition) is 1. The largest absolute Gasteiger partial charge is 0.482 e. The Kier molecular flexibility index (Phi) is 5.57. The Hall–Kier alpha value is -1.42. The highest BCUT2D eigenvalue weighted by Gasteiger charge is 2.11. The Morgan fingerprint density at radius 1 is 1.09 bits per heavy atom. The van der Waals surface area contributed by atoms with Crippen LogP contribution in [0.2, 0.25) is 15.1 Å². The molecule has 2 rings (SSSR count). The van der Waals surface area contributed by atoms with E-state index in [-0.39, 0.29) is 12.5 Å². The zero-order valence-corrected chi connectivity index (χ0v) is 14.3. The van der Waals surface area contributed by atoms with E-state index in [9.17, 15) is 4.79 Å². The minimum atomic E-state index is -0.329. The number of carbonyl (C=O) groups excluding carboxylic acids is 1. The molecule has 0 atom stereocenters. The molecule has 0 aliphatic carbocycles. The molecule has 0 spiro atoms. The summed E-state index contributed by atoms with van der Waals surface area (Å²) in [5, 5.41) is 4.10. The van der Waals surface area contributed by atoms with Crippen molar-refractivity contribution in [1.82, 2.24) is 0 Å². The number of amides is 1. The van der Waals surface area contributed by atoms with Crippen molar-refractivity contribution in [2.75, 3.05) is 11.9 Å². The second-order valence-corrected chi connectivity index (χ2v) is 6.10. The molecule has 0 saturated heterocycles. The van der Waals surface area contributed by atoms with Crippen LogP contribution in [0, 0.1) is 13.8 Å². The predicted octanol–water partition coefficient (Wildman–Crippen LogP) is 5.28. The molecule has 116 valence electrons. The standard InChI is InChI=1S/C16H14Cl3NO2/c1-9-5-10(2)16(13(19)6-9)20-15(21)8-22-14-7-11(17)3-4-12(14)18/h3-7H,8H2,1-2H3,(H,20,21). The van der Waals surface area contributed by atoms with Gasteiger partial charge in [0, 0.05) is 11.1 Å². The van der Waals surface area contributed by atoms with Crippen LogP contribution in [0.3, 0.4) is 0 Å². The molecule has 1 N–H and O–H groups in total. The lowest BCUT2D eigenvalue weighted by molar-refractivity contribution is -0.118. The number of halogens is 3. The van der Waals surface area contributed by atoms with Crippen LogP contribution in [0.15, 0.2) is 30.3 Å². The number of benzene rings is 2. The van der Waals surface area contributed by atoms with Gasteiger partial charge in [0.1, 0.15) is 5.75 Å². The fourth-order valence-electron chi connectivity index (χ4n) is 1.98. The molecule has 3 nitrogen and oxygen atoms in total. The number of nitrogens with one attached hydrogen (secondary N) is 1. The van der Waals surface area contributed by atoms with E-state index < -0.39 is 0 Å². The molecule has 0 radical (unpaired) electrons. The number of carbonyl (C=O) groups is 1. The van der Waals surface area contributed by atoms with Crippen molar-refractivity contribution >= 4 is 46.4 Å². The van der Waals surface area contributed by atoms with E-state index in [2.05, 4.69) is 5.32 Å². The van der Waals surface area contributed by atoms with E-state index in [1.54, 1.807) is 24.3 Å². The Morgan fingerprint density at radius 2 is 1.82 bits per heavy atom. The molecule has 0 bridgehead atoms. The van der Waals surface area contributed by atoms with Gasteiger partial charge in [-0.2, -0.15) is 0 Å². The highest BCUT2D eigenvalue weighted by molar-refractivity contribution is 6.34. The SMILES string of the molecule is Cc1cc(C)c(NC(=O)COc2cc(Cl)ccc2Cl)c(Cl)c1. The molecule has 2 aromatic carbocycles. The quantitative estimate of drug-likeness (QED) is 0.807. The summed E-state index contributed by atoms with van der Waals surface area (Å²) >= 11 is 18.0. The number of rotatable bonds is 4. The molecular weight excluding hydrogens is 345 g/mol. The third kappa shape index (κ3) is 4.29. The minimum absolute atomic E-state index is 0.191. The zero-order chi connectivity index (χ0) is 16.3. The molecule has 0 aliphatic rings. The Morgan fingerprint density at radius 3 is 2.50 bits per heavy atom. The highest BCUT2D eigenvalue weighted by Crippen LogP contribution is 2.29. The topological polar surface area (TPSA) is 38.3 Å². The maximum Gasteiger partial charge on any atom is 0.262 e. The van der Waals surface area contributed by atoms with Crippen molar-refractivity contribution in [2.45, 2.75) is 13.8 Å². The van der Waals surface area contributed by atoms with E-state index in [0.29, 0.717) is 26.5 Å². The van der Waals surface area contributed by atoms with Crippen LogP contribution in [0.25, 0.3) is 0 Å². The summed E-state index contributed by atoms with van der Waals surface area (Å²) in [6, 6.07) is 8.54. The average molecular weight is 359 g/mol. The lowest BCUT2D eigenvalue weighted by Crippen LogP contribution is -2.21. The third-order valence-electron chi connectivity index (χ3n) is 2.95. The number of aryl methyl sites for hydroxylation is 2. The van der Waals surface area contributed by atoms with Crippen molar-refractivity contribution < 1.29 is 9.53 Å². The molecule has 0 saturated carbocycles. The first-order valence-corrected chi connectivity index (χ1v) is 7.64. The van der Waals surface area contributed by atoms with Crippen molar-refractivity contribution in [2.24, 2.45) is 0 Å². The Bertz CT molecular complexity index is 694. The molecule has 6 heteroatoms. The third-order valence-corrected chi connectivity index (χ3v) is 3.79. The van der Waals surface area contributed by atoms with Crippen molar-refractivity contribution in [3.8, 4) is 5.75 Å². The van der Waals surface area contributed by atoms with Crippen molar-refractivity contribution in [1.29, 1.82) is 0 Å². The minimum Gasteiger partial charge on any atom is -0.482 e. The summed E-state index contributed by atoms with van der Waals surface area (Å²) in [7, 11) is 0. The van der Waals surface area contributed by atoms with Gasteiger partial charge in [0.05, 0.1) is 15.7 Å². The van der Waals surface area contributed by atoms with E-state index in [4.69, 9.17) is 39.5 Å². The smallest absolute Gasteiger partial charge is 0.262 e. The summed E-state index contributed by atoms with van der Waals surface area (Å²) in [6.07, 6.45) is 0. The first-order chi connectivity index (χ1) is 10.4. The first kappa shape index (κ1) is 16.9. The van der Waals surface area contributed by atoms with Gasteiger partial charge in [-0.3, -0.25) is 4.79 Å². The maximum absolute atomic E-state index is 12.0. The van der Waals surface area contributed by atoms with Crippen LogP contribution in [-0.2, 0) is 4.79 Å². The summed E-state index contributed by atoms with van der Waals surface area (Å²) in [5.41, 5.74) is 2.50.